The number of hydrogen-bond acceptors (Lipinski definition) is 3. The van der Waals surface area contributed by atoms with Crippen molar-refractivity contribution in [2.45, 2.75) is 38.1 Å². The van der Waals surface area contributed by atoms with Crippen molar-refractivity contribution in [1.82, 2.24) is 16.0 Å². The molecule has 1 fully saturated rings. The third-order valence-corrected chi connectivity index (χ3v) is 3.04. The van der Waals surface area contributed by atoms with E-state index in [-0.39, 0.29) is 11.8 Å². The molecule has 0 spiro atoms. The largest absolute Gasteiger partial charge is 0.359 e. The molecule has 0 radical (unpaired) electrons. The van der Waals surface area contributed by atoms with Crippen LogP contribution in [0.15, 0.2) is 0 Å². The normalized spacial score (nSPS) is 24.9. The first-order chi connectivity index (χ1) is 7.58. The van der Waals surface area contributed by atoms with Crippen LogP contribution in [0.1, 0.15) is 32.6 Å². The van der Waals surface area contributed by atoms with E-state index in [0.29, 0.717) is 13.0 Å². The van der Waals surface area contributed by atoms with Crippen LogP contribution in [0.2, 0.25) is 0 Å². The van der Waals surface area contributed by atoms with Gasteiger partial charge in [0, 0.05) is 20.0 Å². The molecule has 0 saturated carbocycles. The van der Waals surface area contributed by atoms with Gasteiger partial charge in [0.25, 0.3) is 0 Å². The van der Waals surface area contributed by atoms with E-state index < -0.39 is 5.54 Å². The molecule has 0 aromatic rings. The summed E-state index contributed by atoms with van der Waals surface area (Å²) < 4.78 is 0. The Bertz CT molecular complexity index is 260. The molecule has 2 amide bonds. The first-order valence-corrected chi connectivity index (χ1v) is 5.82. The molecule has 0 bridgehead atoms. The zero-order valence-corrected chi connectivity index (χ0v) is 10.1. The van der Waals surface area contributed by atoms with Gasteiger partial charge in [-0.1, -0.05) is 0 Å². The third kappa shape index (κ3) is 3.48. The molecule has 16 heavy (non-hydrogen) atoms. The monoisotopic (exact) mass is 227 g/mol. The molecule has 1 aliphatic rings. The predicted octanol–water partition coefficient (Wildman–Crippen LogP) is -0.229. The van der Waals surface area contributed by atoms with Crippen LogP contribution in [0.4, 0.5) is 0 Å². The highest BCUT2D eigenvalue weighted by atomic mass is 16.2. The van der Waals surface area contributed by atoms with E-state index in [4.69, 9.17) is 0 Å². The van der Waals surface area contributed by atoms with E-state index in [1.165, 1.54) is 0 Å². The van der Waals surface area contributed by atoms with E-state index in [9.17, 15) is 9.59 Å². The molecule has 3 N–H and O–H groups in total. The number of carbonyl (C=O) groups is 2. The number of carbonyl (C=O) groups excluding carboxylic acids is 2. The van der Waals surface area contributed by atoms with Gasteiger partial charge >= 0.3 is 0 Å². The molecule has 92 valence electrons. The lowest BCUT2D eigenvalue weighted by Crippen LogP contribution is -2.57. The molecule has 0 aromatic carbocycles. The number of hydrogen-bond donors (Lipinski definition) is 3. The molecule has 1 atom stereocenters. The summed E-state index contributed by atoms with van der Waals surface area (Å²) in [6, 6.07) is 0. The Balaban J connectivity index is 2.31. The Morgan fingerprint density at radius 1 is 1.38 bits per heavy atom. The first-order valence-electron chi connectivity index (χ1n) is 5.82. The van der Waals surface area contributed by atoms with Crippen molar-refractivity contribution in [1.29, 1.82) is 0 Å². The molecule has 5 heteroatoms. The molecule has 0 aliphatic carbocycles. The Morgan fingerprint density at radius 2 is 2.12 bits per heavy atom. The summed E-state index contributed by atoms with van der Waals surface area (Å²) >= 11 is 0. The average molecular weight is 227 g/mol. The number of piperidine rings is 1. The molecular formula is C11H21N3O2. The summed E-state index contributed by atoms with van der Waals surface area (Å²) in [5.41, 5.74) is -0.457. The lowest BCUT2D eigenvalue weighted by atomic mass is 9.90. The van der Waals surface area contributed by atoms with Gasteiger partial charge in [0.15, 0.2) is 0 Å². The summed E-state index contributed by atoms with van der Waals surface area (Å²) in [6.45, 7) is 3.20. The van der Waals surface area contributed by atoms with Gasteiger partial charge < -0.3 is 16.0 Å². The van der Waals surface area contributed by atoms with Crippen LogP contribution in [0.5, 0.6) is 0 Å². The van der Waals surface area contributed by atoms with Gasteiger partial charge in [-0.15, -0.1) is 0 Å². The summed E-state index contributed by atoms with van der Waals surface area (Å²) in [4.78, 5) is 22.9. The van der Waals surface area contributed by atoms with E-state index in [1.54, 1.807) is 7.05 Å². The Labute approximate surface area is 96.4 Å². The minimum Gasteiger partial charge on any atom is -0.359 e. The maximum atomic E-state index is 11.9. The second-order valence-electron chi connectivity index (χ2n) is 4.40. The maximum absolute atomic E-state index is 11.9. The Hall–Kier alpha value is -1.10. The highest BCUT2D eigenvalue weighted by Gasteiger charge is 2.33. The third-order valence-electron chi connectivity index (χ3n) is 3.04. The van der Waals surface area contributed by atoms with Crippen molar-refractivity contribution >= 4 is 11.8 Å². The van der Waals surface area contributed by atoms with E-state index in [0.717, 1.165) is 25.8 Å². The van der Waals surface area contributed by atoms with Gasteiger partial charge in [0.05, 0.1) is 5.54 Å². The SMILES string of the molecule is CNC(=O)CCNC(=O)C1(C)CCCCN1. The van der Waals surface area contributed by atoms with Gasteiger partial charge in [0.2, 0.25) is 11.8 Å². The second kappa shape index (κ2) is 5.84. The van der Waals surface area contributed by atoms with E-state index in [1.807, 2.05) is 6.92 Å². The van der Waals surface area contributed by atoms with Crippen LogP contribution >= 0.6 is 0 Å². The summed E-state index contributed by atoms with van der Waals surface area (Å²) in [6.07, 6.45) is 3.39. The molecule has 1 saturated heterocycles. The molecule has 0 aromatic heterocycles. The fourth-order valence-electron chi connectivity index (χ4n) is 1.86. The highest BCUT2D eigenvalue weighted by molar-refractivity contribution is 5.86. The zero-order chi connectivity index (χ0) is 12.0. The quantitative estimate of drug-likeness (QED) is 0.621. The minimum atomic E-state index is -0.457. The lowest BCUT2D eigenvalue weighted by molar-refractivity contribution is -0.128. The maximum Gasteiger partial charge on any atom is 0.240 e. The van der Waals surface area contributed by atoms with Crippen LogP contribution in [0.25, 0.3) is 0 Å². The van der Waals surface area contributed by atoms with E-state index in [2.05, 4.69) is 16.0 Å². The van der Waals surface area contributed by atoms with E-state index >= 15 is 0 Å². The van der Waals surface area contributed by atoms with Gasteiger partial charge in [-0.3, -0.25) is 9.59 Å². The molecule has 5 nitrogen and oxygen atoms in total. The van der Waals surface area contributed by atoms with Crippen molar-refractivity contribution in [2.75, 3.05) is 20.1 Å². The van der Waals surface area contributed by atoms with Crippen LogP contribution in [0, 0.1) is 0 Å². The minimum absolute atomic E-state index is 0.00361. The van der Waals surface area contributed by atoms with Gasteiger partial charge in [-0.05, 0) is 32.7 Å². The average Bonchev–Trinajstić information content (AvgIpc) is 2.29. The lowest BCUT2D eigenvalue weighted by Gasteiger charge is -2.33. The summed E-state index contributed by atoms with van der Waals surface area (Å²) in [5.74, 6) is -0.0573. The summed E-state index contributed by atoms with van der Waals surface area (Å²) in [5, 5.41) is 8.55. The Morgan fingerprint density at radius 3 is 2.69 bits per heavy atom. The standard InChI is InChI=1S/C11H21N3O2/c1-11(6-3-4-7-14-11)10(16)13-8-5-9(15)12-2/h14H,3-8H2,1-2H3,(H,12,15)(H,13,16). The van der Waals surface area contributed by atoms with Gasteiger partial charge in [-0.25, -0.2) is 0 Å². The van der Waals surface area contributed by atoms with Crippen LogP contribution in [-0.4, -0.2) is 37.5 Å². The molecule has 1 aliphatic heterocycles. The number of rotatable bonds is 4. The smallest absolute Gasteiger partial charge is 0.240 e. The topological polar surface area (TPSA) is 70.2 Å². The zero-order valence-electron chi connectivity index (χ0n) is 10.1. The first kappa shape index (κ1) is 13.0. The second-order valence-corrected chi connectivity index (χ2v) is 4.40. The fraction of sp³-hybridized carbons (Fsp3) is 0.818. The van der Waals surface area contributed by atoms with Crippen molar-refractivity contribution in [2.24, 2.45) is 0 Å². The van der Waals surface area contributed by atoms with Crippen molar-refractivity contribution in [3.63, 3.8) is 0 Å². The van der Waals surface area contributed by atoms with Crippen LogP contribution in [-0.2, 0) is 9.59 Å². The van der Waals surface area contributed by atoms with Crippen LogP contribution in [0.3, 0.4) is 0 Å². The predicted molar refractivity (Wildman–Crippen MR) is 62.0 cm³/mol. The van der Waals surface area contributed by atoms with Gasteiger partial charge in [0.1, 0.15) is 0 Å². The Kier molecular flexibility index (Phi) is 4.73. The van der Waals surface area contributed by atoms with Crippen molar-refractivity contribution in [3.05, 3.63) is 0 Å². The number of nitrogens with one attached hydrogen (secondary N) is 3. The van der Waals surface area contributed by atoms with Crippen molar-refractivity contribution < 1.29 is 9.59 Å². The molecule has 1 heterocycles. The molecular weight excluding hydrogens is 206 g/mol. The van der Waals surface area contributed by atoms with Crippen LogP contribution < -0.4 is 16.0 Å². The highest BCUT2D eigenvalue weighted by Crippen LogP contribution is 2.18. The molecule has 1 unspecified atom stereocenters. The van der Waals surface area contributed by atoms with Gasteiger partial charge in [-0.2, -0.15) is 0 Å². The molecule has 1 rings (SSSR count). The summed E-state index contributed by atoms with van der Waals surface area (Å²) in [7, 11) is 1.59. The number of amides is 2. The fourth-order valence-corrected chi connectivity index (χ4v) is 1.86. The van der Waals surface area contributed by atoms with Crippen molar-refractivity contribution in [3.8, 4) is 0 Å².